The van der Waals surface area contributed by atoms with Crippen LogP contribution in [0, 0.1) is 0 Å². The number of alkyl halides is 3. The molecular weight excluding hydrogens is 257 g/mol. The van der Waals surface area contributed by atoms with Crippen LogP contribution < -0.4 is 10.2 Å². The highest BCUT2D eigenvalue weighted by Crippen LogP contribution is 2.14. The van der Waals surface area contributed by atoms with Crippen LogP contribution in [0.2, 0.25) is 0 Å². The first-order valence-electron chi connectivity index (χ1n) is 4.92. The molecule has 0 saturated carbocycles. The Kier molecular flexibility index (Phi) is 5.17. The molecule has 0 unspecified atom stereocenters. The van der Waals surface area contributed by atoms with E-state index in [1.54, 1.807) is 0 Å². The Morgan fingerprint density at radius 2 is 2.06 bits per heavy atom. The van der Waals surface area contributed by atoms with E-state index in [1.165, 1.54) is 0 Å². The summed E-state index contributed by atoms with van der Waals surface area (Å²) in [6, 6.07) is 1.03. The van der Waals surface area contributed by atoms with Crippen LogP contribution in [0.25, 0.3) is 0 Å². The highest BCUT2D eigenvalue weighted by molar-refractivity contribution is 5.17. The van der Waals surface area contributed by atoms with Crippen LogP contribution in [0.1, 0.15) is 5.76 Å². The van der Waals surface area contributed by atoms with E-state index in [0.29, 0.717) is 0 Å². The van der Waals surface area contributed by atoms with Crippen molar-refractivity contribution in [1.82, 2.24) is 0 Å². The van der Waals surface area contributed by atoms with Crippen molar-refractivity contribution in [3.63, 3.8) is 0 Å². The van der Waals surface area contributed by atoms with Gasteiger partial charge >= 0.3 is 6.18 Å². The maximum absolute atomic E-state index is 11.7. The predicted molar refractivity (Wildman–Crippen MR) is 53.3 cm³/mol. The van der Waals surface area contributed by atoms with Gasteiger partial charge in [0.2, 0.25) is 11.2 Å². The predicted octanol–water partition coefficient (Wildman–Crippen LogP) is 1.09. The quantitative estimate of drug-likeness (QED) is 0.782. The number of halogens is 3. The van der Waals surface area contributed by atoms with Crippen LogP contribution in [0.15, 0.2) is 21.5 Å². The van der Waals surface area contributed by atoms with Crippen LogP contribution in [-0.2, 0) is 11.3 Å². The first kappa shape index (κ1) is 14.5. The van der Waals surface area contributed by atoms with Gasteiger partial charge in [-0.2, -0.15) is 13.2 Å². The summed E-state index contributed by atoms with van der Waals surface area (Å²) < 4.78 is 49.1. The van der Waals surface area contributed by atoms with E-state index >= 15 is 0 Å². The van der Waals surface area contributed by atoms with Gasteiger partial charge in [0.1, 0.15) is 31.8 Å². The second-order valence-corrected chi connectivity index (χ2v) is 3.25. The van der Waals surface area contributed by atoms with Crippen LogP contribution >= 0.6 is 0 Å². The minimum Gasteiger partial charge on any atom is -0.484 e. The lowest BCUT2D eigenvalue weighted by molar-refractivity contribution is -0.175. The molecule has 0 aliphatic heterocycles. The Morgan fingerprint density at radius 3 is 2.61 bits per heavy atom. The van der Waals surface area contributed by atoms with E-state index in [-0.39, 0.29) is 24.7 Å². The zero-order chi connectivity index (χ0) is 13.6. The fourth-order valence-corrected chi connectivity index (χ4v) is 1.03. The summed E-state index contributed by atoms with van der Waals surface area (Å²) >= 11 is 0. The number of rotatable bonds is 6. The molecule has 1 N–H and O–H groups in total. The summed E-state index contributed by atoms with van der Waals surface area (Å²) in [5, 5.41) is 8.68. The molecule has 0 atom stereocenters. The van der Waals surface area contributed by atoms with Gasteiger partial charge < -0.3 is 19.0 Å². The SMILES string of the molecule is O=c1cc(CO)occ1OCCOCC(F)(F)F. The van der Waals surface area contributed by atoms with Crippen molar-refractivity contribution < 1.29 is 32.2 Å². The van der Waals surface area contributed by atoms with Crippen molar-refractivity contribution in [3.8, 4) is 5.75 Å². The number of aliphatic hydroxyl groups excluding tert-OH is 1. The van der Waals surface area contributed by atoms with Gasteiger partial charge in [-0.15, -0.1) is 0 Å². The molecule has 1 aromatic rings. The molecule has 1 heterocycles. The third kappa shape index (κ3) is 5.19. The van der Waals surface area contributed by atoms with E-state index in [0.717, 1.165) is 12.3 Å². The fourth-order valence-electron chi connectivity index (χ4n) is 1.03. The van der Waals surface area contributed by atoms with Crippen molar-refractivity contribution >= 4 is 0 Å². The Hall–Kier alpha value is -1.54. The molecule has 0 aliphatic carbocycles. The lowest BCUT2D eigenvalue weighted by atomic mass is 10.4. The Labute approximate surface area is 99.7 Å². The number of hydrogen-bond donors (Lipinski definition) is 1. The molecule has 0 fully saturated rings. The molecule has 0 spiro atoms. The normalized spacial score (nSPS) is 11.6. The summed E-state index contributed by atoms with van der Waals surface area (Å²) in [6.45, 7) is -2.31. The van der Waals surface area contributed by atoms with Crippen molar-refractivity contribution in [2.75, 3.05) is 19.8 Å². The molecule has 0 bridgehead atoms. The minimum atomic E-state index is -4.39. The van der Waals surface area contributed by atoms with E-state index in [1.807, 2.05) is 0 Å². The monoisotopic (exact) mass is 268 g/mol. The largest absolute Gasteiger partial charge is 0.484 e. The van der Waals surface area contributed by atoms with Crippen LogP contribution in [0.3, 0.4) is 0 Å². The van der Waals surface area contributed by atoms with Crippen molar-refractivity contribution in [3.05, 3.63) is 28.3 Å². The van der Waals surface area contributed by atoms with E-state index in [2.05, 4.69) is 4.74 Å². The van der Waals surface area contributed by atoms with Gasteiger partial charge in [0, 0.05) is 6.07 Å². The molecule has 8 heteroatoms. The summed E-state index contributed by atoms with van der Waals surface area (Å²) in [4.78, 5) is 11.3. The number of aliphatic hydroxyl groups is 1. The first-order chi connectivity index (χ1) is 8.42. The molecule has 0 radical (unpaired) electrons. The zero-order valence-electron chi connectivity index (χ0n) is 9.20. The third-order valence-electron chi connectivity index (χ3n) is 1.76. The van der Waals surface area contributed by atoms with Gasteiger partial charge in [0.15, 0.2) is 0 Å². The zero-order valence-corrected chi connectivity index (χ0v) is 9.20. The molecule has 0 aromatic carbocycles. The molecule has 1 rings (SSSR count). The van der Waals surface area contributed by atoms with Gasteiger partial charge in [-0.25, -0.2) is 0 Å². The van der Waals surface area contributed by atoms with Crippen LogP contribution in [0.4, 0.5) is 13.2 Å². The average Bonchev–Trinajstić information content (AvgIpc) is 2.29. The van der Waals surface area contributed by atoms with Gasteiger partial charge in [0.25, 0.3) is 0 Å². The van der Waals surface area contributed by atoms with E-state index in [4.69, 9.17) is 14.3 Å². The fraction of sp³-hybridized carbons (Fsp3) is 0.500. The number of ether oxygens (including phenoxy) is 2. The second-order valence-electron chi connectivity index (χ2n) is 3.25. The lowest BCUT2D eigenvalue weighted by Gasteiger charge is -2.08. The molecule has 102 valence electrons. The summed E-state index contributed by atoms with van der Waals surface area (Å²) in [7, 11) is 0. The van der Waals surface area contributed by atoms with Crippen LogP contribution in [0.5, 0.6) is 5.75 Å². The van der Waals surface area contributed by atoms with Crippen molar-refractivity contribution in [2.24, 2.45) is 0 Å². The van der Waals surface area contributed by atoms with Crippen molar-refractivity contribution in [2.45, 2.75) is 12.8 Å². The molecule has 18 heavy (non-hydrogen) atoms. The standard InChI is InChI=1S/C10H11F3O5/c11-10(12,13)6-16-1-2-17-9-5-18-7(4-14)3-8(9)15/h3,5,14H,1-2,4,6H2. The molecule has 0 saturated heterocycles. The van der Waals surface area contributed by atoms with E-state index in [9.17, 15) is 18.0 Å². The molecule has 1 aromatic heterocycles. The summed E-state index contributed by atoms with van der Waals surface area (Å²) in [5.41, 5.74) is -0.527. The minimum absolute atomic E-state index is 0.0701. The lowest BCUT2D eigenvalue weighted by Crippen LogP contribution is -2.20. The van der Waals surface area contributed by atoms with Gasteiger partial charge in [0.05, 0.1) is 6.61 Å². The van der Waals surface area contributed by atoms with Crippen LogP contribution in [-0.4, -0.2) is 31.1 Å². The van der Waals surface area contributed by atoms with E-state index < -0.39 is 24.8 Å². The number of hydrogen-bond acceptors (Lipinski definition) is 5. The molecular formula is C10H11F3O5. The maximum atomic E-state index is 11.7. The smallest absolute Gasteiger partial charge is 0.411 e. The molecule has 0 amide bonds. The highest BCUT2D eigenvalue weighted by Gasteiger charge is 2.27. The first-order valence-corrected chi connectivity index (χ1v) is 4.92. The van der Waals surface area contributed by atoms with Gasteiger partial charge in [-0.1, -0.05) is 0 Å². The highest BCUT2D eigenvalue weighted by atomic mass is 19.4. The van der Waals surface area contributed by atoms with Gasteiger partial charge in [-0.3, -0.25) is 4.79 Å². The average molecular weight is 268 g/mol. The van der Waals surface area contributed by atoms with Crippen molar-refractivity contribution in [1.29, 1.82) is 0 Å². The topological polar surface area (TPSA) is 68.9 Å². The Bertz CT molecular complexity index is 426. The molecule has 0 aliphatic rings. The Morgan fingerprint density at radius 1 is 1.33 bits per heavy atom. The Balaban J connectivity index is 2.34. The summed E-state index contributed by atoms with van der Waals surface area (Å²) in [6.07, 6.45) is -3.40. The summed E-state index contributed by atoms with van der Waals surface area (Å²) in [5.74, 6) is -0.0801. The molecule has 5 nitrogen and oxygen atoms in total. The van der Waals surface area contributed by atoms with Gasteiger partial charge in [-0.05, 0) is 0 Å². The third-order valence-corrected chi connectivity index (χ3v) is 1.76. The second kappa shape index (κ2) is 6.41. The maximum Gasteiger partial charge on any atom is 0.411 e.